The second-order valence-corrected chi connectivity index (χ2v) is 5.53. The van der Waals surface area contributed by atoms with Crippen molar-refractivity contribution in [2.75, 3.05) is 7.11 Å². The normalized spacial score (nSPS) is 20.4. The smallest absolute Gasteiger partial charge is 0.340 e. The second kappa shape index (κ2) is 4.52. The Balaban J connectivity index is 2.23. The van der Waals surface area contributed by atoms with Crippen molar-refractivity contribution in [3.05, 3.63) is 59.2 Å². The molecule has 0 radical (unpaired) electrons. The summed E-state index contributed by atoms with van der Waals surface area (Å²) in [5.41, 5.74) is 1.54. The molecule has 0 amide bonds. The van der Waals surface area contributed by atoms with E-state index in [1.54, 1.807) is 49.6 Å². The predicted molar refractivity (Wildman–Crippen MR) is 76.2 cm³/mol. The summed E-state index contributed by atoms with van der Waals surface area (Å²) >= 11 is 3.45. The van der Waals surface area contributed by atoms with Crippen molar-refractivity contribution in [1.29, 1.82) is 0 Å². The number of alkyl halides is 1. The highest BCUT2D eigenvalue weighted by molar-refractivity contribution is 9.09. The van der Waals surface area contributed by atoms with Gasteiger partial charge in [-0.3, -0.25) is 0 Å². The van der Waals surface area contributed by atoms with Crippen LogP contribution in [0.1, 0.15) is 21.5 Å². The quantitative estimate of drug-likeness (QED) is 0.677. The fourth-order valence-corrected chi connectivity index (χ4v) is 3.09. The average molecular weight is 335 g/mol. The van der Waals surface area contributed by atoms with Crippen molar-refractivity contribution in [1.82, 2.24) is 0 Å². The molecule has 3 rings (SSSR count). The van der Waals surface area contributed by atoms with Gasteiger partial charge in [-0.15, -0.1) is 0 Å². The molecular weight excluding hydrogens is 324 g/mol. The van der Waals surface area contributed by atoms with E-state index < -0.39 is 10.5 Å². The molecule has 1 atom stereocenters. The number of hydrogen-bond acceptors (Lipinski definition) is 4. The van der Waals surface area contributed by atoms with Crippen LogP contribution in [0.3, 0.4) is 0 Å². The van der Waals surface area contributed by atoms with Crippen LogP contribution in [-0.4, -0.2) is 18.2 Å². The van der Waals surface area contributed by atoms with Gasteiger partial charge in [-0.1, -0.05) is 18.2 Å². The number of phenolic OH excluding ortho intramolecular Hbond substituents is 1. The lowest BCUT2D eigenvalue weighted by Gasteiger charge is -2.23. The Morgan fingerprint density at radius 3 is 2.65 bits per heavy atom. The predicted octanol–water partition coefficient (Wildman–Crippen LogP) is 3.17. The minimum Gasteiger partial charge on any atom is -0.507 e. The number of esters is 1. The third-order valence-electron chi connectivity index (χ3n) is 3.28. The number of carbonyl (C=O) groups excluding carboxylic acids is 1. The molecule has 1 heterocycles. The lowest BCUT2D eigenvalue weighted by molar-refractivity contribution is 0.0396. The summed E-state index contributed by atoms with van der Waals surface area (Å²) < 4.78 is 9.44. The van der Waals surface area contributed by atoms with Gasteiger partial charge in [0.1, 0.15) is 11.5 Å². The molecule has 102 valence electrons. The van der Waals surface area contributed by atoms with E-state index in [-0.39, 0.29) is 5.75 Å². The Bertz CT molecular complexity index is 698. The van der Waals surface area contributed by atoms with Crippen LogP contribution in [-0.2, 0) is 9.25 Å². The Labute approximate surface area is 124 Å². The number of rotatable bonds is 2. The molecule has 20 heavy (non-hydrogen) atoms. The molecule has 1 N–H and O–H groups in total. The van der Waals surface area contributed by atoms with Gasteiger partial charge in [0.2, 0.25) is 4.51 Å². The molecule has 2 aromatic rings. The van der Waals surface area contributed by atoms with Gasteiger partial charge < -0.3 is 14.6 Å². The number of fused-ring (bicyclic) bond motifs is 1. The van der Waals surface area contributed by atoms with E-state index in [4.69, 9.17) is 9.47 Å². The third-order valence-corrected chi connectivity index (χ3v) is 4.29. The van der Waals surface area contributed by atoms with Crippen LogP contribution in [0, 0.1) is 0 Å². The first kappa shape index (κ1) is 13.0. The maximum Gasteiger partial charge on any atom is 0.340 e. The molecule has 0 saturated carbocycles. The summed E-state index contributed by atoms with van der Waals surface area (Å²) in [4.78, 5) is 12.0. The summed E-state index contributed by atoms with van der Waals surface area (Å²) in [5.74, 6) is 0.219. The number of carbonyl (C=O) groups is 1. The maximum atomic E-state index is 12.0. The standard InChI is InChI=1S/C15H11BrO4/c1-19-9-6-7-10-12(8-9)15(16,20-14(10)18)11-4-2-3-5-13(11)17/h2-8,17H,1H3. The van der Waals surface area contributed by atoms with Crippen LogP contribution in [0.4, 0.5) is 0 Å². The van der Waals surface area contributed by atoms with E-state index in [9.17, 15) is 9.90 Å². The summed E-state index contributed by atoms with van der Waals surface area (Å²) in [5, 5.41) is 10.0. The minimum absolute atomic E-state index is 0.0489. The lowest BCUT2D eigenvalue weighted by atomic mass is 9.98. The summed E-state index contributed by atoms with van der Waals surface area (Å²) in [6.45, 7) is 0. The molecule has 0 aromatic heterocycles. The first-order chi connectivity index (χ1) is 9.56. The highest BCUT2D eigenvalue weighted by atomic mass is 79.9. The lowest BCUT2D eigenvalue weighted by Crippen LogP contribution is -2.19. The van der Waals surface area contributed by atoms with E-state index in [0.717, 1.165) is 0 Å². The fourth-order valence-electron chi connectivity index (χ4n) is 2.28. The molecule has 0 bridgehead atoms. The van der Waals surface area contributed by atoms with Crippen LogP contribution in [0.2, 0.25) is 0 Å². The Morgan fingerprint density at radius 1 is 1.20 bits per heavy atom. The molecule has 1 aliphatic heterocycles. The Kier molecular flexibility index (Phi) is 2.94. The number of benzene rings is 2. The zero-order valence-corrected chi connectivity index (χ0v) is 12.2. The van der Waals surface area contributed by atoms with Crippen molar-refractivity contribution in [3.8, 4) is 11.5 Å². The fraction of sp³-hybridized carbons (Fsp3) is 0.133. The van der Waals surface area contributed by atoms with Crippen LogP contribution < -0.4 is 4.74 Å². The van der Waals surface area contributed by atoms with E-state index in [1.807, 2.05) is 0 Å². The van der Waals surface area contributed by atoms with Gasteiger partial charge in [0.25, 0.3) is 0 Å². The number of ether oxygens (including phenoxy) is 2. The largest absolute Gasteiger partial charge is 0.507 e. The van der Waals surface area contributed by atoms with Gasteiger partial charge >= 0.3 is 5.97 Å². The summed E-state index contributed by atoms with van der Waals surface area (Å²) in [7, 11) is 1.55. The number of methoxy groups -OCH3 is 1. The number of aromatic hydroxyl groups is 1. The highest BCUT2D eigenvalue weighted by Gasteiger charge is 2.46. The Morgan fingerprint density at radius 2 is 1.95 bits per heavy atom. The molecule has 5 heteroatoms. The molecule has 0 spiro atoms. The second-order valence-electron chi connectivity index (χ2n) is 4.41. The molecule has 4 nitrogen and oxygen atoms in total. The van der Waals surface area contributed by atoms with Crippen molar-refractivity contribution < 1.29 is 19.4 Å². The summed E-state index contributed by atoms with van der Waals surface area (Å²) in [6.07, 6.45) is 0. The molecule has 2 aromatic carbocycles. The molecular formula is C15H11BrO4. The molecule has 1 aliphatic rings. The molecule has 0 saturated heterocycles. The van der Waals surface area contributed by atoms with Gasteiger partial charge in [-0.25, -0.2) is 4.79 Å². The molecule has 1 unspecified atom stereocenters. The van der Waals surface area contributed by atoms with Gasteiger partial charge in [-0.2, -0.15) is 0 Å². The van der Waals surface area contributed by atoms with E-state index in [1.165, 1.54) is 0 Å². The number of para-hydroxylation sites is 1. The van der Waals surface area contributed by atoms with Crippen molar-refractivity contribution in [2.45, 2.75) is 4.51 Å². The monoisotopic (exact) mass is 334 g/mol. The van der Waals surface area contributed by atoms with Crippen LogP contribution in [0.5, 0.6) is 11.5 Å². The average Bonchev–Trinajstić information content (AvgIpc) is 2.71. The number of cyclic esters (lactones) is 1. The molecule has 0 fully saturated rings. The first-order valence-electron chi connectivity index (χ1n) is 5.95. The van der Waals surface area contributed by atoms with E-state index >= 15 is 0 Å². The van der Waals surface area contributed by atoms with E-state index in [0.29, 0.717) is 22.4 Å². The minimum atomic E-state index is -1.20. The van der Waals surface area contributed by atoms with Crippen LogP contribution in [0.25, 0.3) is 0 Å². The van der Waals surface area contributed by atoms with E-state index in [2.05, 4.69) is 15.9 Å². The van der Waals surface area contributed by atoms with Crippen molar-refractivity contribution in [2.24, 2.45) is 0 Å². The maximum absolute atomic E-state index is 12.0. The van der Waals surface area contributed by atoms with Gasteiger partial charge in [0, 0.05) is 5.56 Å². The third kappa shape index (κ3) is 1.78. The van der Waals surface area contributed by atoms with Crippen molar-refractivity contribution >= 4 is 21.9 Å². The SMILES string of the molecule is COc1ccc2c(c1)C(Br)(c1ccccc1O)OC2=O. The van der Waals surface area contributed by atoms with Crippen LogP contribution >= 0.6 is 15.9 Å². The Hall–Kier alpha value is -2.01. The number of hydrogen-bond donors (Lipinski definition) is 1. The van der Waals surface area contributed by atoms with Gasteiger partial charge in [-0.05, 0) is 40.2 Å². The topological polar surface area (TPSA) is 55.8 Å². The van der Waals surface area contributed by atoms with Crippen LogP contribution in [0.15, 0.2) is 42.5 Å². The number of halogens is 1. The highest BCUT2D eigenvalue weighted by Crippen LogP contribution is 2.50. The summed E-state index contributed by atoms with van der Waals surface area (Å²) in [6, 6.07) is 11.8. The molecule has 0 aliphatic carbocycles. The number of phenols is 1. The van der Waals surface area contributed by atoms with Gasteiger partial charge in [0.05, 0.1) is 18.2 Å². The first-order valence-corrected chi connectivity index (χ1v) is 6.75. The van der Waals surface area contributed by atoms with Gasteiger partial charge in [0.15, 0.2) is 0 Å². The zero-order chi connectivity index (χ0) is 14.3. The van der Waals surface area contributed by atoms with Crippen molar-refractivity contribution in [3.63, 3.8) is 0 Å². The zero-order valence-electron chi connectivity index (χ0n) is 10.6.